The lowest BCUT2D eigenvalue weighted by Crippen LogP contribution is -2.22. The zero-order valence-electron chi connectivity index (χ0n) is 12.4. The van der Waals surface area contributed by atoms with Crippen molar-refractivity contribution in [2.45, 2.75) is 64.4 Å². The minimum Gasteiger partial charge on any atom is -0.385 e. The van der Waals surface area contributed by atoms with Gasteiger partial charge in [-0.2, -0.15) is 0 Å². The van der Waals surface area contributed by atoms with Crippen molar-refractivity contribution in [3.63, 3.8) is 0 Å². The average Bonchev–Trinajstić information content (AvgIpc) is 2.39. The summed E-state index contributed by atoms with van der Waals surface area (Å²) in [5, 5.41) is 9.61. The van der Waals surface area contributed by atoms with Gasteiger partial charge >= 0.3 is 0 Å². The molecule has 0 aliphatic carbocycles. The van der Waals surface area contributed by atoms with E-state index in [0.717, 1.165) is 19.3 Å². The summed E-state index contributed by atoms with van der Waals surface area (Å²) in [6.07, 6.45) is 2.95. The molecule has 2 heteroatoms. The van der Waals surface area contributed by atoms with Crippen molar-refractivity contribution in [3.8, 4) is 0 Å². The van der Waals surface area contributed by atoms with Crippen molar-refractivity contribution in [2.24, 2.45) is 0 Å². The smallest absolute Gasteiger partial charge is 0.161 e. The first-order valence-corrected chi connectivity index (χ1v) is 7.23. The van der Waals surface area contributed by atoms with Gasteiger partial charge in [-0.25, -0.2) is 0 Å². The molecule has 106 valence electrons. The van der Waals surface area contributed by atoms with Crippen LogP contribution in [0.4, 0.5) is 0 Å². The van der Waals surface area contributed by atoms with Crippen molar-refractivity contribution in [2.75, 3.05) is 0 Å². The summed E-state index contributed by atoms with van der Waals surface area (Å²) in [4.78, 5) is 11.7. The molecular formula is C17H26O2. The van der Waals surface area contributed by atoms with Gasteiger partial charge in [-0.05, 0) is 30.2 Å². The molecule has 0 aromatic heterocycles. The first-order chi connectivity index (χ1) is 8.97. The van der Waals surface area contributed by atoms with Gasteiger partial charge in [0, 0.05) is 6.42 Å². The second kappa shape index (κ2) is 7.44. The third-order valence-corrected chi connectivity index (χ3v) is 3.71. The van der Waals surface area contributed by atoms with E-state index in [-0.39, 0.29) is 11.2 Å². The number of benzene rings is 1. The molecule has 0 bridgehead atoms. The summed E-state index contributed by atoms with van der Waals surface area (Å²) in [6.45, 7) is 6.39. The molecule has 1 N–H and O–H groups in total. The maximum atomic E-state index is 11.7. The molecule has 0 saturated heterocycles. The van der Waals surface area contributed by atoms with Crippen molar-refractivity contribution in [1.82, 2.24) is 0 Å². The largest absolute Gasteiger partial charge is 0.385 e. The van der Waals surface area contributed by atoms with Crippen LogP contribution in [0.5, 0.6) is 0 Å². The first kappa shape index (κ1) is 15.9. The molecule has 0 amide bonds. The summed E-state index contributed by atoms with van der Waals surface area (Å²) in [7, 11) is 0. The Labute approximate surface area is 116 Å². The quantitative estimate of drug-likeness (QED) is 0.772. The Morgan fingerprint density at radius 3 is 2.47 bits per heavy atom. The number of ketones is 1. The Morgan fingerprint density at radius 1 is 1.26 bits per heavy atom. The zero-order valence-corrected chi connectivity index (χ0v) is 12.4. The van der Waals surface area contributed by atoms with Crippen molar-refractivity contribution in [3.05, 3.63) is 35.9 Å². The summed E-state index contributed by atoms with van der Waals surface area (Å²) in [6, 6.07) is 10.4. The molecule has 0 fully saturated rings. The summed E-state index contributed by atoms with van der Waals surface area (Å²) >= 11 is 0. The van der Waals surface area contributed by atoms with Crippen LogP contribution in [0, 0.1) is 0 Å². The van der Waals surface area contributed by atoms with Crippen LogP contribution in [0.25, 0.3) is 0 Å². The monoisotopic (exact) mass is 262 g/mol. The Kier molecular flexibility index (Phi) is 6.23. The van der Waals surface area contributed by atoms with E-state index in [2.05, 4.69) is 26.0 Å². The van der Waals surface area contributed by atoms with Gasteiger partial charge in [0.2, 0.25) is 0 Å². The SMILES string of the molecule is CCCC(O)C(=O)CCCC(C)(C)c1ccccc1. The Balaban J connectivity index is 2.42. The highest BCUT2D eigenvalue weighted by Crippen LogP contribution is 2.28. The van der Waals surface area contributed by atoms with E-state index in [4.69, 9.17) is 0 Å². The second-order valence-corrected chi connectivity index (χ2v) is 5.87. The predicted molar refractivity (Wildman–Crippen MR) is 79.2 cm³/mol. The van der Waals surface area contributed by atoms with Crippen LogP contribution in [0.2, 0.25) is 0 Å². The van der Waals surface area contributed by atoms with Gasteiger partial charge in [0.15, 0.2) is 5.78 Å². The van der Waals surface area contributed by atoms with Crippen molar-refractivity contribution >= 4 is 5.78 Å². The number of aliphatic hydroxyl groups excluding tert-OH is 1. The fourth-order valence-electron chi connectivity index (χ4n) is 2.34. The molecule has 0 saturated carbocycles. The van der Waals surface area contributed by atoms with E-state index in [0.29, 0.717) is 12.8 Å². The number of hydrogen-bond acceptors (Lipinski definition) is 2. The number of hydrogen-bond donors (Lipinski definition) is 1. The van der Waals surface area contributed by atoms with E-state index in [9.17, 15) is 9.90 Å². The van der Waals surface area contributed by atoms with E-state index >= 15 is 0 Å². The third-order valence-electron chi connectivity index (χ3n) is 3.71. The molecule has 1 rings (SSSR count). The van der Waals surface area contributed by atoms with Crippen LogP contribution in [-0.4, -0.2) is 17.0 Å². The topological polar surface area (TPSA) is 37.3 Å². The minimum absolute atomic E-state index is 0.00860. The van der Waals surface area contributed by atoms with Crippen LogP contribution in [0.15, 0.2) is 30.3 Å². The molecule has 1 aromatic carbocycles. The zero-order chi connectivity index (χ0) is 14.3. The Hall–Kier alpha value is -1.15. The third kappa shape index (κ3) is 5.15. The van der Waals surface area contributed by atoms with Crippen LogP contribution in [0.3, 0.4) is 0 Å². The van der Waals surface area contributed by atoms with Crippen LogP contribution in [0.1, 0.15) is 58.4 Å². The molecule has 1 aromatic rings. The maximum absolute atomic E-state index is 11.7. The van der Waals surface area contributed by atoms with E-state index < -0.39 is 6.10 Å². The minimum atomic E-state index is -0.759. The Morgan fingerprint density at radius 2 is 1.89 bits per heavy atom. The molecular weight excluding hydrogens is 236 g/mol. The van der Waals surface area contributed by atoms with Crippen molar-refractivity contribution in [1.29, 1.82) is 0 Å². The van der Waals surface area contributed by atoms with Crippen LogP contribution >= 0.6 is 0 Å². The second-order valence-electron chi connectivity index (χ2n) is 5.87. The average molecular weight is 262 g/mol. The molecule has 0 aliphatic rings. The molecule has 2 nitrogen and oxygen atoms in total. The van der Waals surface area contributed by atoms with E-state index in [1.807, 2.05) is 25.1 Å². The van der Waals surface area contributed by atoms with Gasteiger partial charge in [-0.1, -0.05) is 57.5 Å². The highest BCUT2D eigenvalue weighted by atomic mass is 16.3. The number of carbonyl (C=O) groups is 1. The van der Waals surface area contributed by atoms with Gasteiger partial charge < -0.3 is 5.11 Å². The lowest BCUT2D eigenvalue weighted by molar-refractivity contribution is -0.127. The van der Waals surface area contributed by atoms with Gasteiger partial charge in [-0.3, -0.25) is 4.79 Å². The molecule has 19 heavy (non-hydrogen) atoms. The lowest BCUT2D eigenvalue weighted by Gasteiger charge is -2.25. The van der Waals surface area contributed by atoms with Gasteiger partial charge in [0.05, 0.1) is 0 Å². The number of carbonyl (C=O) groups excluding carboxylic acids is 1. The summed E-state index contributed by atoms with van der Waals surface area (Å²) in [5.74, 6) is -0.00860. The molecule has 1 unspecified atom stereocenters. The fraction of sp³-hybridized carbons (Fsp3) is 0.588. The number of aliphatic hydroxyl groups is 1. The molecule has 0 aliphatic heterocycles. The molecule has 0 heterocycles. The summed E-state index contributed by atoms with van der Waals surface area (Å²) in [5.41, 5.74) is 1.38. The van der Waals surface area contributed by atoms with Gasteiger partial charge in [0.1, 0.15) is 6.10 Å². The number of rotatable bonds is 8. The number of Topliss-reactive ketones (excluding diaryl/α,β-unsaturated/α-hetero) is 1. The van der Waals surface area contributed by atoms with Crippen LogP contribution < -0.4 is 0 Å². The highest BCUT2D eigenvalue weighted by molar-refractivity contribution is 5.82. The normalized spacial score (nSPS) is 13.3. The van der Waals surface area contributed by atoms with Gasteiger partial charge in [-0.15, -0.1) is 0 Å². The predicted octanol–water partition coefficient (Wildman–Crippen LogP) is 3.86. The molecule has 1 atom stereocenters. The lowest BCUT2D eigenvalue weighted by atomic mass is 9.80. The maximum Gasteiger partial charge on any atom is 0.161 e. The summed E-state index contributed by atoms with van der Waals surface area (Å²) < 4.78 is 0. The molecule has 0 spiro atoms. The molecule has 0 radical (unpaired) electrons. The van der Waals surface area contributed by atoms with E-state index in [1.165, 1.54) is 5.56 Å². The fourth-order valence-corrected chi connectivity index (χ4v) is 2.34. The van der Waals surface area contributed by atoms with Crippen molar-refractivity contribution < 1.29 is 9.90 Å². The van der Waals surface area contributed by atoms with Crippen LogP contribution in [-0.2, 0) is 10.2 Å². The first-order valence-electron chi connectivity index (χ1n) is 7.23. The Bertz CT molecular complexity index is 382. The standard InChI is InChI=1S/C17H26O2/c1-4-9-15(18)16(19)12-8-13-17(2,3)14-10-6-5-7-11-14/h5-7,10-11,15,18H,4,8-9,12-13H2,1-3H3. The highest BCUT2D eigenvalue weighted by Gasteiger charge is 2.21. The van der Waals surface area contributed by atoms with Gasteiger partial charge in [0.25, 0.3) is 0 Å². The van der Waals surface area contributed by atoms with E-state index in [1.54, 1.807) is 0 Å².